The number of rotatable bonds is 5. The van der Waals surface area contributed by atoms with E-state index in [0.717, 1.165) is 6.07 Å². The molecule has 0 bridgehead atoms. The van der Waals surface area contributed by atoms with E-state index in [1.807, 2.05) is 13.8 Å². The third-order valence-corrected chi connectivity index (χ3v) is 3.43. The Kier molecular flexibility index (Phi) is 5.38. The summed E-state index contributed by atoms with van der Waals surface area (Å²) in [6, 6.07) is 7.95. The molecule has 2 aromatic rings. The van der Waals surface area contributed by atoms with Crippen molar-refractivity contribution in [3.63, 3.8) is 0 Å². The fourth-order valence-corrected chi connectivity index (χ4v) is 2.16. The number of halogens is 3. The van der Waals surface area contributed by atoms with Crippen LogP contribution in [0.25, 0.3) is 0 Å². The van der Waals surface area contributed by atoms with Crippen molar-refractivity contribution in [3.8, 4) is 0 Å². The number of hydrogen-bond donors (Lipinski definition) is 1. The molecule has 0 aliphatic rings. The molecule has 0 radical (unpaired) electrons. The largest absolute Gasteiger partial charge is 0.418 e. The van der Waals surface area contributed by atoms with Crippen molar-refractivity contribution >= 4 is 17.4 Å². The molecule has 24 heavy (non-hydrogen) atoms. The van der Waals surface area contributed by atoms with Gasteiger partial charge >= 0.3 is 6.18 Å². The van der Waals surface area contributed by atoms with Crippen LogP contribution in [0.4, 0.5) is 24.7 Å². The molecule has 1 N–H and O–H groups in total. The van der Waals surface area contributed by atoms with Gasteiger partial charge in [0.15, 0.2) is 11.5 Å². The van der Waals surface area contributed by atoms with Crippen LogP contribution in [-0.2, 0) is 6.18 Å². The van der Waals surface area contributed by atoms with E-state index in [2.05, 4.69) is 15.5 Å². The van der Waals surface area contributed by atoms with Crippen LogP contribution in [0.15, 0.2) is 36.4 Å². The molecule has 1 aromatic heterocycles. The quantitative estimate of drug-likeness (QED) is 0.903. The van der Waals surface area contributed by atoms with E-state index in [1.165, 1.54) is 30.3 Å². The van der Waals surface area contributed by atoms with E-state index in [-0.39, 0.29) is 23.1 Å². The Hall–Kier alpha value is -2.64. The first-order valence-electron chi connectivity index (χ1n) is 7.43. The number of aromatic nitrogens is 2. The van der Waals surface area contributed by atoms with Crippen molar-refractivity contribution in [2.75, 3.05) is 18.4 Å². The number of nitrogens with one attached hydrogen (secondary N) is 1. The van der Waals surface area contributed by atoms with Crippen LogP contribution in [0.2, 0.25) is 0 Å². The Bertz CT molecular complexity index is 697. The zero-order chi connectivity index (χ0) is 17.7. The van der Waals surface area contributed by atoms with Gasteiger partial charge in [-0.05, 0) is 38.1 Å². The summed E-state index contributed by atoms with van der Waals surface area (Å²) in [6.07, 6.45) is -4.48. The first kappa shape index (κ1) is 17.7. The highest BCUT2D eigenvalue weighted by atomic mass is 19.4. The highest BCUT2D eigenvalue weighted by molar-refractivity contribution is 5.92. The van der Waals surface area contributed by atoms with Gasteiger partial charge in [-0.25, -0.2) is 0 Å². The Morgan fingerprint density at radius 3 is 2.29 bits per heavy atom. The summed E-state index contributed by atoms with van der Waals surface area (Å²) in [4.78, 5) is 13.7. The molecule has 0 atom stereocenters. The number of nitrogens with zero attached hydrogens (tertiary/aromatic N) is 3. The van der Waals surface area contributed by atoms with Crippen molar-refractivity contribution in [2.24, 2.45) is 0 Å². The molecule has 8 heteroatoms. The molecule has 2 rings (SSSR count). The van der Waals surface area contributed by atoms with Gasteiger partial charge in [0, 0.05) is 13.1 Å². The Balaban J connectivity index is 2.20. The first-order valence-corrected chi connectivity index (χ1v) is 7.43. The summed E-state index contributed by atoms with van der Waals surface area (Å²) in [6.45, 7) is 4.77. The minimum Gasteiger partial charge on any atom is -0.338 e. The standard InChI is InChI=1S/C16H17F3N4O/c1-3-23(4-2)15(24)13-9-10-14(22-21-13)20-12-8-6-5-7-11(12)16(17,18)19/h5-10H,3-4H2,1-2H3,(H,20,22). The molecule has 1 aromatic carbocycles. The molecule has 1 amide bonds. The van der Waals surface area contributed by atoms with Gasteiger partial charge in [-0.15, -0.1) is 10.2 Å². The number of alkyl halides is 3. The maximum Gasteiger partial charge on any atom is 0.418 e. The zero-order valence-electron chi connectivity index (χ0n) is 13.3. The van der Waals surface area contributed by atoms with Crippen LogP contribution in [0, 0.1) is 0 Å². The van der Waals surface area contributed by atoms with Crippen LogP contribution >= 0.6 is 0 Å². The SMILES string of the molecule is CCN(CC)C(=O)c1ccc(Nc2ccccc2C(F)(F)F)nn1. The number of carbonyl (C=O) groups is 1. The van der Waals surface area contributed by atoms with Crippen molar-refractivity contribution in [1.82, 2.24) is 15.1 Å². The maximum atomic E-state index is 13.0. The molecule has 0 aliphatic carbocycles. The number of anilines is 2. The minimum atomic E-state index is -4.48. The predicted molar refractivity (Wildman–Crippen MR) is 84.0 cm³/mol. The molecule has 128 valence electrons. The van der Waals surface area contributed by atoms with Gasteiger partial charge in [0.2, 0.25) is 0 Å². The number of benzene rings is 1. The second-order valence-electron chi connectivity index (χ2n) is 4.95. The van der Waals surface area contributed by atoms with Gasteiger partial charge in [0.1, 0.15) is 0 Å². The Morgan fingerprint density at radius 1 is 1.08 bits per heavy atom. The summed E-state index contributed by atoms with van der Waals surface area (Å²) < 4.78 is 38.9. The lowest BCUT2D eigenvalue weighted by Crippen LogP contribution is -2.31. The fourth-order valence-electron chi connectivity index (χ4n) is 2.16. The van der Waals surface area contributed by atoms with E-state index < -0.39 is 11.7 Å². The van der Waals surface area contributed by atoms with Crippen LogP contribution in [0.5, 0.6) is 0 Å². The molecule has 0 saturated heterocycles. The second-order valence-corrected chi connectivity index (χ2v) is 4.95. The molecule has 0 spiro atoms. The van der Waals surface area contributed by atoms with Crippen molar-refractivity contribution in [2.45, 2.75) is 20.0 Å². The normalized spacial score (nSPS) is 11.2. The van der Waals surface area contributed by atoms with Crippen LogP contribution in [0.1, 0.15) is 29.9 Å². The number of para-hydroxylation sites is 1. The first-order chi connectivity index (χ1) is 11.4. The van der Waals surface area contributed by atoms with Gasteiger partial charge in [-0.2, -0.15) is 13.2 Å². The van der Waals surface area contributed by atoms with Gasteiger partial charge in [-0.1, -0.05) is 12.1 Å². The van der Waals surface area contributed by atoms with Gasteiger partial charge in [-0.3, -0.25) is 4.79 Å². The maximum absolute atomic E-state index is 13.0. The highest BCUT2D eigenvalue weighted by Crippen LogP contribution is 2.35. The number of hydrogen-bond acceptors (Lipinski definition) is 4. The molecular weight excluding hydrogens is 321 g/mol. The van der Waals surface area contributed by atoms with Crippen LogP contribution in [0.3, 0.4) is 0 Å². The van der Waals surface area contributed by atoms with Crippen molar-refractivity contribution < 1.29 is 18.0 Å². The molecular formula is C16H17F3N4O. The van der Waals surface area contributed by atoms with Gasteiger partial charge < -0.3 is 10.2 Å². The summed E-state index contributed by atoms with van der Waals surface area (Å²) in [5.74, 6) is -0.141. The number of carbonyl (C=O) groups excluding carboxylic acids is 1. The predicted octanol–water partition coefficient (Wildman–Crippen LogP) is 3.72. The monoisotopic (exact) mass is 338 g/mol. The average Bonchev–Trinajstić information content (AvgIpc) is 2.56. The summed E-state index contributed by atoms with van der Waals surface area (Å²) >= 11 is 0. The Morgan fingerprint density at radius 2 is 1.75 bits per heavy atom. The van der Waals surface area contributed by atoms with Gasteiger partial charge in [0.05, 0.1) is 11.3 Å². The lowest BCUT2D eigenvalue weighted by molar-refractivity contribution is -0.136. The smallest absolute Gasteiger partial charge is 0.338 e. The minimum absolute atomic E-state index is 0.123. The molecule has 5 nitrogen and oxygen atoms in total. The molecule has 1 heterocycles. The van der Waals surface area contributed by atoms with E-state index in [0.29, 0.717) is 13.1 Å². The van der Waals surface area contributed by atoms with Gasteiger partial charge in [0.25, 0.3) is 5.91 Å². The highest BCUT2D eigenvalue weighted by Gasteiger charge is 2.33. The van der Waals surface area contributed by atoms with E-state index >= 15 is 0 Å². The fraction of sp³-hybridized carbons (Fsp3) is 0.312. The lowest BCUT2D eigenvalue weighted by Gasteiger charge is -2.17. The topological polar surface area (TPSA) is 58.1 Å². The van der Waals surface area contributed by atoms with Crippen molar-refractivity contribution in [3.05, 3.63) is 47.7 Å². The zero-order valence-corrected chi connectivity index (χ0v) is 13.3. The van der Waals surface area contributed by atoms with E-state index in [1.54, 1.807) is 4.90 Å². The molecule has 0 fully saturated rings. The summed E-state index contributed by atoms with van der Waals surface area (Å²) in [5, 5.41) is 10.2. The van der Waals surface area contributed by atoms with Crippen molar-refractivity contribution in [1.29, 1.82) is 0 Å². The second kappa shape index (κ2) is 7.29. The number of amides is 1. The van der Waals surface area contributed by atoms with Crippen LogP contribution < -0.4 is 5.32 Å². The Labute approximate surface area is 137 Å². The third kappa shape index (κ3) is 4.01. The van der Waals surface area contributed by atoms with E-state index in [4.69, 9.17) is 0 Å². The third-order valence-electron chi connectivity index (χ3n) is 3.43. The average molecular weight is 338 g/mol. The van der Waals surface area contributed by atoms with E-state index in [9.17, 15) is 18.0 Å². The molecule has 0 aliphatic heterocycles. The molecule has 0 unspecified atom stereocenters. The summed E-state index contributed by atoms with van der Waals surface area (Å²) in [5.41, 5.74) is -0.773. The van der Waals surface area contributed by atoms with Crippen LogP contribution in [-0.4, -0.2) is 34.1 Å². The summed E-state index contributed by atoms with van der Waals surface area (Å²) in [7, 11) is 0. The molecule has 0 saturated carbocycles. The lowest BCUT2D eigenvalue weighted by atomic mass is 10.1.